The summed E-state index contributed by atoms with van der Waals surface area (Å²) in [5, 5.41) is 14.9. The van der Waals surface area contributed by atoms with Crippen LogP contribution in [0, 0.1) is 17.0 Å². The quantitative estimate of drug-likeness (QED) is 0.281. The summed E-state index contributed by atoms with van der Waals surface area (Å²) in [5.41, 5.74) is 1.60. The van der Waals surface area contributed by atoms with Gasteiger partial charge in [-0.1, -0.05) is 17.7 Å². The van der Waals surface area contributed by atoms with Crippen LogP contribution in [0.3, 0.4) is 0 Å². The molecule has 36 heavy (non-hydrogen) atoms. The maximum Gasteiger partial charge on any atom is 0.269 e. The maximum absolute atomic E-state index is 13.0. The molecule has 0 spiro atoms. The molecule has 2 N–H and O–H groups in total. The van der Waals surface area contributed by atoms with Crippen molar-refractivity contribution in [3.8, 4) is 11.3 Å². The number of amides is 2. The molecule has 1 atom stereocenters. The maximum atomic E-state index is 13.0. The molecule has 11 heteroatoms. The highest BCUT2D eigenvalue weighted by atomic mass is 32.2. The van der Waals surface area contributed by atoms with E-state index in [2.05, 4.69) is 10.6 Å². The number of non-ortho nitro benzene ring substituents is 1. The molecule has 1 saturated heterocycles. The van der Waals surface area contributed by atoms with Gasteiger partial charge in [0.25, 0.3) is 17.5 Å². The zero-order chi connectivity index (χ0) is 25.9. The molecule has 4 rings (SSSR count). The molecule has 1 fully saturated rings. The van der Waals surface area contributed by atoms with Crippen LogP contribution in [-0.4, -0.2) is 36.3 Å². The molecule has 3 aromatic rings. The monoisotopic (exact) mass is 509 g/mol. The average molecular weight is 510 g/mol. The van der Waals surface area contributed by atoms with Crippen molar-refractivity contribution in [2.45, 2.75) is 25.1 Å². The standard InChI is InChI=1S/C25H23N3O7S/c1-16-4-6-18(7-5-16)24(29)26-21(25(30)27-23-3-2-14-36(23,33)34)15-20-12-13-22(35-20)17-8-10-19(11-9-17)28(31)32/h4-13,15,23H,2-3,14H2,1H3,(H,26,29)(H,27,30)/b21-15-/t23-/m1/s1. The van der Waals surface area contributed by atoms with Crippen molar-refractivity contribution in [3.05, 3.63) is 93.4 Å². The second-order valence-corrected chi connectivity index (χ2v) is 10.7. The number of benzene rings is 2. The number of nitro benzene ring substituents is 1. The number of nitrogens with one attached hydrogen (secondary N) is 2. The van der Waals surface area contributed by atoms with Gasteiger partial charge in [-0.15, -0.1) is 0 Å². The first-order valence-electron chi connectivity index (χ1n) is 11.1. The van der Waals surface area contributed by atoms with Crippen LogP contribution in [0.15, 0.2) is 70.8 Å². The highest BCUT2D eigenvalue weighted by Crippen LogP contribution is 2.25. The number of nitro groups is 1. The van der Waals surface area contributed by atoms with Gasteiger partial charge in [-0.25, -0.2) is 8.42 Å². The molecule has 0 aliphatic carbocycles. The fraction of sp³-hybridized carbons (Fsp3) is 0.200. The molecule has 0 radical (unpaired) electrons. The molecular formula is C25H23N3O7S. The summed E-state index contributed by atoms with van der Waals surface area (Å²) >= 11 is 0. The summed E-state index contributed by atoms with van der Waals surface area (Å²) in [4.78, 5) is 36.2. The Morgan fingerprint density at radius 2 is 1.75 bits per heavy atom. The van der Waals surface area contributed by atoms with Gasteiger partial charge in [0.05, 0.1) is 10.7 Å². The van der Waals surface area contributed by atoms with Crippen LogP contribution in [0.5, 0.6) is 0 Å². The Kier molecular flexibility index (Phi) is 7.02. The first-order valence-corrected chi connectivity index (χ1v) is 12.8. The van der Waals surface area contributed by atoms with Gasteiger partial charge < -0.3 is 15.1 Å². The van der Waals surface area contributed by atoms with Crippen molar-refractivity contribution in [2.24, 2.45) is 0 Å². The lowest BCUT2D eigenvalue weighted by atomic mass is 10.1. The van der Waals surface area contributed by atoms with E-state index in [1.54, 1.807) is 36.4 Å². The highest BCUT2D eigenvalue weighted by Gasteiger charge is 2.33. The Labute approximate surface area is 207 Å². The largest absolute Gasteiger partial charge is 0.457 e. The van der Waals surface area contributed by atoms with Gasteiger partial charge in [-0.3, -0.25) is 19.7 Å². The number of nitrogens with zero attached hydrogens (tertiary/aromatic N) is 1. The summed E-state index contributed by atoms with van der Waals surface area (Å²) in [6.07, 6.45) is 2.04. The summed E-state index contributed by atoms with van der Waals surface area (Å²) in [7, 11) is -3.46. The van der Waals surface area contributed by atoms with E-state index in [9.17, 15) is 28.1 Å². The van der Waals surface area contributed by atoms with Gasteiger partial charge in [-0.05, 0) is 56.2 Å². The average Bonchev–Trinajstić information content (AvgIpc) is 3.45. The van der Waals surface area contributed by atoms with Crippen molar-refractivity contribution >= 4 is 33.4 Å². The molecular weight excluding hydrogens is 486 g/mol. The Morgan fingerprint density at radius 1 is 1.06 bits per heavy atom. The van der Waals surface area contributed by atoms with Crippen LogP contribution in [0.4, 0.5) is 5.69 Å². The van der Waals surface area contributed by atoms with Gasteiger partial charge in [0.15, 0.2) is 9.84 Å². The molecule has 186 valence electrons. The SMILES string of the molecule is Cc1ccc(C(=O)N/C(=C\c2ccc(-c3ccc([N+](=O)[O-])cc3)o2)C(=O)N[C@H]2CCCS2(=O)=O)cc1. The number of aryl methyl sites for hydroxylation is 1. The number of carbonyl (C=O) groups excluding carboxylic acids is 2. The van der Waals surface area contributed by atoms with Crippen LogP contribution in [0.2, 0.25) is 0 Å². The number of rotatable bonds is 7. The third-order valence-electron chi connectivity index (χ3n) is 5.70. The van der Waals surface area contributed by atoms with E-state index < -0.39 is 31.9 Å². The molecule has 2 amide bonds. The van der Waals surface area contributed by atoms with E-state index in [1.807, 2.05) is 6.92 Å². The molecule has 1 aliphatic rings. The van der Waals surface area contributed by atoms with Gasteiger partial charge in [-0.2, -0.15) is 0 Å². The number of carbonyl (C=O) groups is 2. The van der Waals surface area contributed by atoms with Crippen LogP contribution < -0.4 is 10.6 Å². The van der Waals surface area contributed by atoms with E-state index in [0.29, 0.717) is 23.3 Å². The van der Waals surface area contributed by atoms with Crippen LogP contribution in [0.25, 0.3) is 17.4 Å². The summed E-state index contributed by atoms with van der Waals surface area (Å²) in [6.45, 7) is 1.88. The van der Waals surface area contributed by atoms with E-state index >= 15 is 0 Å². The smallest absolute Gasteiger partial charge is 0.269 e. The van der Waals surface area contributed by atoms with Crippen LogP contribution in [0.1, 0.15) is 34.5 Å². The fourth-order valence-corrected chi connectivity index (χ4v) is 5.38. The van der Waals surface area contributed by atoms with E-state index in [1.165, 1.54) is 30.3 Å². The second kappa shape index (κ2) is 10.2. The summed E-state index contributed by atoms with van der Waals surface area (Å²) < 4.78 is 30.2. The Morgan fingerprint density at radius 3 is 2.36 bits per heavy atom. The van der Waals surface area contributed by atoms with Gasteiger partial charge in [0, 0.05) is 29.3 Å². The molecule has 0 bridgehead atoms. The van der Waals surface area contributed by atoms with Gasteiger partial charge in [0.1, 0.15) is 22.6 Å². The lowest BCUT2D eigenvalue weighted by Crippen LogP contribution is -2.42. The summed E-state index contributed by atoms with van der Waals surface area (Å²) in [6, 6.07) is 15.7. The third-order valence-corrected chi connectivity index (χ3v) is 7.78. The van der Waals surface area contributed by atoms with Gasteiger partial charge in [0.2, 0.25) is 0 Å². The summed E-state index contributed by atoms with van der Waals surface area (Å²) in [5.74, 6) is -0.720. The van der Waals surface area contributed by atoms with E-state index in [-0.39, 0.29) is 29.3 Å². The zero-order valence-electron chi connectivity index (χ0n) is 19.3. The molecule has 0 unspecified atom stereocenters. The molecule has 1 aliphatic heterocycles. The van der Waals surface area contributed by atoms with Crippen molar-refractivity contribution in [2.75, 3.05) is 5.75 Å². The first kappa shape index (κ1) is 24.9. The topological polar surface area (TPSA) is 149 Å². The Balaban J connectivity index is 1.61. The molecule has 2 heterocycles. The Hall–Kier alpha value is -4.25. The van der Waals surface area contributed by atoms with Crippen molar-refractivity contribution in [3.63, 3.8) is 0 Å². The molecule has 1 aromatic heterocycles. The number of sulfone groups is 1. The van der Waals surface area contributed by atoms with E-state index in [4.69, 9.17) is 4.42 Å². The van der Waals surface area contributed by atoms with Crippen molar-refractivity contribution in [1.82, 2.24) is 10.6 Å². The normalized spacial score (nSPS) is 16.9. The molecule has 10 nitrogen and oxygen atoms in total. The lowest BCUT2D eigenvalue weighted by molar-refractivity contribution is -0.384. The first-order chi connectivity index (χ1) is 17.1. The van der Waals surface area contributed by atoms with Crippen molar-refractivity contribution in [1.29, 1.82) is 0 Å². The number of hydrogen-bond acceptors (Lipinski definition) is 7. The minimum Gasteiger partial charge on any atom is -0.457 e. The minimum atomic E-state index is -3.46. The fourth-order valence-electron chi connectivity index (χ4n) is 3.71. The zero-order valence-corrected chi connectivity index (χ0v) is 20.1. The second-order valence-electron chi connectivity index (χ2n) is 8.36. The predicted molar refractivity (Wildman–Crippen MR) is 132 cm³/mol. The minimum absolute atomic E-state index is 0.0104. The third kappa shape index (κ3) is 5.69. The van der Waals surface area contributed by atoms with E-state index in [0.717, 1.165) is 5.56 Å². The van der Waals surface area contributed by atoms with Crippen LogP contribution >= 0.6 is 0 Å². The number of hydrogen-bond donors (Lipinski definition) is 2. The van der Waals surface area contributed by atoms with Gasteiger partial charge >= 0.3 is 0 Å². The van der Waals surface area contributed by atoms with Crippen LogP contribution in [-0.2, 0) is 14.6 Å². The Bertz CT molecular complexity index is 1440. The van der Waals surface area contributed by atoms with Crippen molar-refractivity contribution < 1.29 is 27.3 Å². The lowest BCUT2D eigenvalue weighted by Gasteiger charge is -2.15. The molecule has 0 saturated carbocycles. The predicted octanol–water partition coefficient (Wildman–Crippen LogP) is 3.59. The number of furan rings is 1. The highest BCUT2D eigenvalue weighted by molar-refractivity contribution is 7.92. The molecule has 2 aromatic carbocycles.